The maximum atomic E-state index is 5.71. The van der Waals surface area contributed by atoms with Gasteiger partial charge in [0.25, 0.3) is 0 Å². The average Bonchev–Trinajstić information content (AvgIpc) is 2.24. The molecule has 1 saturated heterocycles. The Balaban J connectivity index is 2.03. The maximum Gasteiger partial charge on any atom is 0.0331 e. The lowest BCUT2D eigenvalue weighted by atomic mass is 10.2. The highest BCUT2D eigenvalue weighted by Crippen LogP contribution is 2.34. The first-order valence-electron chi connectivity index (χ1n) is 5.18. The molecule has 2 nitrogen and oxygen atoms in total. The molecule has 2 rings (SSSR count). The number of anilines is 1. The van der Waals surface area contributed by atoms with Gasteiger partial charge in [0.2, 0.25) is 0 Å². The molecule has 3 N–H and O–H groups in total. The fourth-order valence-electron chi connectivity index (χ4n) is 1.71. The number of halogens is 1. The van der Waals surface area contributed by atoms with Gasteiger partial charge in [-0.2, -0.15) is 0 Å². The molecule has 1 fully saturated rings. The summed E-state index contributed by atoms with van der Waals surface area (Å²) in [6.07, 6.45) is 2.58. The second kappa shape index (κ2) is 5.23. The zero-order valence-corrected chi connectivity index (χ0v) is 10.9. The molecule has 0 saturated carbocycles. The highest BCUT2D eigenvalue weighted by molar-refractivity contribution is 9.10. The summed E-state index contributed by atoms with van der Waals surface area (Å²) in [6, 6.07) is 6.03. The Morgan fingerprint density at radius 2 is 2.33 bits per heavy atom. The normalized spacial score (nSPS) is 21.5. The van der Waals surface area contributed by atoms with E-state index in [9.17, 15) is 0 Å². The van der Waals surface area contributed by atoms with Gasteiger partial charge in [0.15, 0.2) is 0 Å². The van der Waals surface area contributed by atoms with Gasteiger partial charge in [-0.1, -0.05) is 0 Å². The van der Waals surface area contributed by atoms with Crippen molar-refractivity contribution in [3.05, 3.63) is 22.7 Å². The van der Waals surface area contributed by atoms with Crippen LogP contribution in [0.5, 0.6) is 0 Å². The zero-order valence-electron chi connectivity index (χ0n) is 8.50. The van der Waals surface area contributed by atoms with Crippen molar-refractivity contribution in [3.63, 3.8) is 0 Å². The predicted molar refractivity (Wildman–Crippen MR) is 70.3 cm³/mol. The van der Waals surface area contributed by atoms with Crippen LogP contribution in [0.1, 0.15) is 12.8 Å². The topological polar surface area (TPSA) is 38.0 Å². The lowest BCUT2D eigenvalue weighted by Gasteiger charge is -2.22. The second-order valence-corrected chi connectivity index (χ2v) is 5.97. The van der Waals surface area contributed by atoms with Crippen LogP contribution in [0.3, 0.4) is 0 Å². The van der Waals surface area contributed by atoms with E-state index in [4.69, 9.17) is 5.73 Å². The van der Waals surface area contributed by atoms with Crippen LogP contribution in [-0.4, -0.2) is 18.3 Å². The molecule has 82 valence electrons. The molecule has 0 bridgehead atoms. The van der Waals surface area contributed by atoms with Crippen LogP contribution in [0.2, 0.25) is 0 Å². The SMILES string of the molecule is Nc1ccc(SC2CCCNC2)c(Br)c1. The summed E-state index contributed by atoms with van der Waals surface area (Å²) in [4.78, 5) is 1.29. The molecule has 1 atom stereocenters. The Morgan fingerprint density at radius 1 is 1.47 bits per heavy atom. The number of thioether (sulfide) groups is 1. The standard InChI is InChI=1S/C11H15BrN2S/c12-10-6-8(13)3-4-11(10)15-9-2-1-5-14-7-9/h3-4,6,9,14H,1-2,5,7,13H2. The van der Waals surface area contributed by atoms with E-state index in [1.54, 1.807) is 0 Å². The van der Waals surface area contributed by atoms with Crippen LogP contribution in [-0.2, 0) is 0 Å². The largest absolute Gasteiger partial charge is 0.399 e. The van der Waals surface area contributed by atoms with Crippen molar-refractivity contribution in [3.8, 4) is 0 Å². The summed E-state index contributed by atoms with van der Waals surface area (Å²) in [7, 11) is 0. The first kappa shape index (κ1) is 11.3. The van der Waals surface area contributed by atoms with Crippen molar-refractivity contribution < 1.29 is 0 Å². The zero-order chi connectivity index (χ0) is 10.7. The molecule has 0 spiro atoms. The van der Waals surface area contributed by atoms with Gasteiger partial charge >= 0.3 is 0 Å². The van der Waals surface area contributed by atoms with Crippen LogP contribution in [0, 0.1) is 0 Å². The third-order valence-corrected chi connectivity index (χ3v) is 4.77. The lowest BCUT2D eigenvalue weighted by molar-refractivity contribution is 0.531. The maximum absolute atomic E-state index is 5.71. The molecule has 1 unspecified atom stereocenters. The lowest BCUT2D eigenvalue weighted by Crippen LogP contribution is -2.31. The molecule has 1 aliphatic rings. The fourth-order valence-corrected chi connectivity index (χ4v) is 3.55. The molecule has 1 aromatic rings. The first-order chi connectivity index (χ1) is 7.25. The van der Waals surface area contributed by atoms with E-state index < -0.39 is 0 Å². The summed E-state index contributed by atoms with van der Waals surface area (Å²) in [6.45, 7) is 2.28. The van der Waals surface area contributed by atoms with Crippen molar-refractivity contribution in [1.82, 2.24) is 5.32 Å². The Hall–Kier alpha value is -0.190. The van der Waals surface area contributed by atoms with Gasteiger partial charge in [0.05, 0.1) is 0 Å². The minimum Gasteiger partial charge on any atom is -0.399 e. The van der Waals surface area contributed by atoms with Gasteiger partial charge in [0, 0.05) is 26.9 Å². The summed E-state index contributed by atoms with van der Waals surface area (Å²) >= 11 is 5.49. The van der Waals surface area contributed by atoms with Crippen LogP contribution in [0.25, 0.3) is 0 Å². The first-order valence-corrected chi connectivity index (χ1v) is 6.85. The minimum absolute atomic E-state index is 0.693. The molecule has 1 aromatic carbocycles. The van der Waals surface area contributed by atoms with E-state index >= 15 is 0 Å². The number of nitrogen functional groups attached to an aromatic ring is 1. The van der Waals surface area contributed by atoms with Gasteiger partial charge in [0.1, 0.15) is 0 Å². The number of rotatable bonds is 2. The van der Waals surface area contributed by atoms with Gasteiger partial charge in [-0.15, -0.1) is 11.8 Å². The monoisotopic (exact) mass is 286 g/mol. The van der Waals surface area contributed by atoms with Gasteiger partial charge in [-0.25, -0.2) is 0 Å². The summed E-state index contributed by atoms with van der Waals surface area (Å²) in [5.74, 6) is 0. The summed E-state index contributed by atoms with van der Waals surface area (Å²) in [5, 5.41) is 4.12. The predicted octanol–water partition coefficient (Wildman–Crippen LogP) is 2.88. The highest BCUT2D eigenvalue weighted by atomic mass is 79.9. The van der Waals surface area contributed by atoms with Gasteiger partial charge < -0.3 is 11.1 Å². The van der Waals surface area contributed by atoms with E-state index in [1.807, 2.05) is 23.9 Å². The third kappa shape index (κ3) is 3.13. The molecular weight excluding hydrogens is 272 g/mol. The number of nitrogens with one attached hydrogen (secondary N) is 1. The quantitative estimate of drug-likeness (QED) is 0.821. The molecule has 1 aliphatic heterocycles. The summed E-state index contributed by atoms with van der Waals surface area (Å²) < 4.78 is 1.11. The second-order valence-electron chi connectivity index (χ2n) is 3.78. The van der Waals surface area contributed by atoms with Crippen molar-refractivity contribution in [1.29, 1.82) is 0 Å². The Bertz CT molecular complexity index is 337. The van der Waals surface area contributed by atoms with E-state index in [0.717, 1.165) is 16.7 Å². The molecule has 0 amide bonds. The number of benzene rings is 1. The van der Waals surface area contributed by atoms with Crippen LogP contribution in [0.4, 0.5) is 5.69 Å². The fraction of sp³-hybridized carbons (Fsp3) is 0.455. The summed E-state index contributed by atoms with van der Waals surface area (Å²) in [5.41, 5.74) is 6.52. The minimum atomic E-state index is 0.693. The van der Waals surface area contributed by atoms with Crippen LogP contribution >= 0.6 is 27.7 Å². The van der Waals surface area contributed by atoms with Crippen LogP contribution < -0.4 is 11.1 Å². The smallest absolute Gasteiger partial charge is 0.0331 e. The van der Waals surface area contributed by atoms with E-state index in [1.165, 1.54) is 24.3 Å². The Morgan fingerprint density at radius 3 is 3.00 bits per heavy atom. The molecule has 0 aliphatic carbocycles. The molecule has 4 heteroatoms. The molecule has 15 heavy (non-hydrogen) atoms. The van der Waals surface area contributed by atoms with Crippen LogP contribution in [0.15, 0.2) is 27.6 Å². The molecule has 0 aromatic heterocycles. The number of piperidine rings is 1. The van der Waals surface area contributed by atoms with Crippen molar-refractivity contribution in [2.45, 2.75) is 23.0 Å². The van der Waals surface area contributed by atoms with E-state index in [-0.39, 0.29) is 0 Å². The number of hydrogen-bond acceptors (Lipinski definition) is 3. The van der Waals surface area contributed by atoms with E-state index in [2.05, 4.69) is 27.3 Å². The van der Waals surface area contributed by atoms with Crippen molar-refractivity contribution in [2.75, 3.05) is 18.8 Å². The van der Waals surface area contributed by atoms with E-state index in [0.29, 0.717) is 5.25 Å². The number of nitrogens with two attached hydrogens (primary N) is 1. The Kier molecular flexibility index (Phi) is 3.94. The highest BCUT2D eigenvalue weighted by Gasteiger charge is 2.15. The van der Waals surface area contributed by atoms with Crippen molar-refractivity contribution in [2.24, 2.45) is 0 Å². The van der Waals surface area contributed by atoms with Gasteiger partial charge in [-0.05, 0) is 53.5 Å². The average molecular weight is 287 g/mol. The third-order valence-electron chi connectivity index (χ3n) is 2.50. The van der Waals surface area contributed by atoms with Crippen molar-refractivity contribution >= 4 is 33.4 Å². The molecule has 0 radical (unpaired) electrons. The Labute approximate surface area is 103 Å². The number of hydrogen-bond donors (Lipinski definition) is 2. The molecule has 1 heterocycles. The van der Waals surface area contributed by atoms with Gasteiger partial charge in [-0.3, -0.25) is 0 Å². The molecular formula is C11H15BrN2S.